The van der Waals surface area contributed by atoms with Crippen LogP contribution < -0.4 is 5.73 Å². The van der Waals surface area contributed by atoms with Crippen molar-refractivity contribution in [2.75, 3.05) is 13.7 Å². The normalized spacial score (nSPS) is 13.1. The molecule has 1 atom stereocenters. The monoisotopic (exact) mass is 228 g/mol. The highest BCUT2D eigenvalue weighted by atomic mass is 32.1. The summed E-state index contributed by atoms with van der Waals surface area (Å²) in [4.78, 5) is 5.86. The molecule has 0 aliphatic heterocycles. The van der Waals surface area contributed by atoms with Gasteiger partial charge in [-0.3, -0.25) is 0 Å². The van der Waals surface area contributed by atoms with Crippen molar-refractivity contribution in [3.8, 4) is 0 Å². The summed E-state index contributed by atoms with van der Waals surface area (Å²) in [7, 11) is 1.72. The lowest BCUT2D eigenvalue weighted by atomic mass is 10.2. The predicted octanol–water partition coefficient (Wildman–Crippen LogP) is 2.30. The van der Waals surface area contributed by atoms with E-state index in [-0.39, 0.29) is 6.04 Å². The first kappa shape index (κ1) is 12.6. The molecule has 0 bridgehead atoms. The number of ether oxygens (including phenoxy) is 1. The van der Waals surface area contributed by atoms with Gasteiger partial charge in [0.05, 0.1) is 17.3 Å². The predicted molar refractivity (Wildman–Crippen MR) is 64.3 cm³/mol. The van der Waals surface area contributed by atoms with Gasteiger partial charge in [-0.05, 0) is 13.3 Å². The smallest absolute Gasteiger partial charge is 0.0954 e. The molecule has 0 saturated carbocycles. The van der Waals surface area contributed by atoms with Gasteiger partial charge in [-0.25, -0.2) is 4.98 Å². The Bertz CT molecular complexity index is 297. The number of thiazole rings is 1. The fourth-order valence-electron chi connectivity index (χ4n) is 1.48. The molecule has 0 radical (unpaired) electrons. The van der Waals surface area contributed by atoms with E-state index in [1.165, 1.54) is 10.6 Å². The lowest BCUT2D eigenvalue weighted by Gasteiger charge is -2.03. The van der Waals surface area contributed by atoms with Crippen LogP contribution in [0.3, 0.4) is 0 Å². The van der Waals surface area contributed by atoms with E-state index in [1.807, 2.05) is 6.92 Å². The van der Waals surface area contributed by atoms with Gasteiger partial charge in [-0.2, -0.15) is 0 Å². The van der Waals surface area contributed by atoms with Crippen molar-refractivity contribution in [1.29, 1.82) is 0 Å². The minimum absolute atomic E-state index is 0.0975. The van der Waals surface area contributed by atoms with E-state index in [0.717, 1.165) is 30.9 Å². The Labute approximate surface area is 95.7 Å². The minimum atomic E-state index is 0.0975. The van der Waals surface area contributed by atoms with E-state index in [4.69, 9.17) is 10.5 Å². The quantitative estimate of drug-likeness (QED) is 0.812. The lowest BCUT2D eigenvalue weighted by molar-refractivity contribution is 0.202. The van der Waals surface area contributed by atoms with Gasteiger partial charge >= 0.3 is 0 Å². The summed E-state index contributed by atoms with van der Waals surface area (Å²) >= 11 is 1.73. The molecule has 0 aliphatic carbocycles. The van der Waals surface area contributed by atoms with Gasteiger partial charge in [0.1, 0.15) is 0 Å². The van der Waals surface area contributed by atoms with Crippen LogP contribution in [0.25, 0.3) is 0 Å². The number of rotatable bonds is 6. The van der Waals surface area contributed by atoms with Crippen molar-refractivity contribution >= 4 is 11.3 Å². The highest BCUT2D eigenvalue weighted by molar-refractivity contribution is 7.11. The minimum Gasteiger partial charge on any atom is -0.384 e. The van der Waals surface area contributed by atoms with E-state index in [2.05, 4.69) is 11.9 Å². The molecule has 86 valence electrons. The van der Waals surface area contributed by atoms with Crippen molar-refractivity contribution in [2.24, 2.45) is 5.73 Å². The van der Waals surface area contributed by atoms with Crippen molar-refractivity contribution in [1.82, 2.24) is 4.98 Å². The van der Waals surface area contributed by atoms with E-state index < -0.39 is 0 Å². The number of methoxy groups -OCH3 is 1. The highest BCUT2D eigenvalue weighted by Gasteiger charge is 2.13. The molecule has 1 rings (SSSR count). The molecule has 1 aromatic rings. The van der Waals surface area contributed by atoms with Crippen LogP contribution in [-0.2, 0) is 17.6 Å². The van der Waals surface area contributed by atoms with E-state index in [0.29, 0.717) is 0 Å². The maximum Gasteiger partial charge on any atom is 0.0954 e. The van der Waals surface area contributed by atoms with Crippen LogP contribution in [0.1, 0.15) is 41.9 Å². The molecule has 0 spiro atoms. The SMILES string of the molecule is CCCc1nc(CCOC)sc1C(C)N. The number of aromatic nitrogens is 1. The first-order valence-corrected chi connectivity index (χ1v) is 6.23. The Hall–Kier alpha value is -0.450. The second kappa shape index (κ2) is 6.20. The number of aryl methyl sites for hydroxylation is 1. The zero-order chi connectivity index (χ0) is 11.3. The molecular formula is C11H20N2OS. The van der Waals surface area contributed by atoms with Gasteiger partial charge in [0.25, 0.3) is 0 Å². The largest absolute Gasteiger partial charge is 0.384 e. The second-order valence-electron chi connectivity index (χ2n) is 3.70. The zero-order valence-corrected chi connectivity index (χ0v) is 10.6. The van der Waals surface area contributed by atoms with Crippen molar-refractivity contribution in [3.05, 3.63) is 15.6 Å². The molecule has 15 heavy (non-hydrogen) atoms. The van der Waals surface area contributed by atoms with Gasteiger partial charge in [0.2, 0.25) is 0 Å². The number of hydrogen-bond donors (Lipinski definition) is 1. The molecule has 1 aromatic heterocycles. The molecule has 0 aromatic carbocycles. The summed E-state index contributed by atoms with van der Waals surface area (Å²) in [5.74, 6) is 0. The van der Waals surface area contributed by atoms with Gasteiger partial charge in [0.15, 0.2) is 0 Å². The summed E-state index contributed by atoms with van der Waals surface area (Å²) in [5.41, 5.74) is 7.11. The van der Waals surface area contributed by atoms with Crippen molar-refractivity contribution in [3.63, 3.8) is 0 Å². The average molecular weight is 228 g/mol. The topological polar surface area (TPSA) is 48.1 Å². The molecule has 0 aliphatic rings. The van der Waals surface area contributed by atoms with Crippen molar-refractivity contribution < 1.29 is 4.74 Å². The molecule has 0 amide bonds. The summed E-state index contributed by atoms with van der Waals surface area (Å²) in [5, 5.41) is 1.15. The zero-order valence-electron chi connectivity index (χ0n) is 9.75. The van der Waals surface area contributed by atoms with Crippen LogP contribution in [0.2, 0.25) is 0 Å². The van der Waals surface area contributed by atoms with Gasteiger partial charge < -0.3 is 10.5 Å². The highest BCUT2D eigenvalue weighted by Crippen LogP contribution is 2.25. The average Bonchev–Trinajstić information content (AvgIpc) is 2.59. The molecule has 0 saturated heterocycles. The second-order valence-corrected chi connectivity index (χ2v) is 4.82. The molecule has 2 N–H and O–H groups in total. The van der Waals surface area contributed by atoms with E-state index in [9.17, 15) is 0 Å². The summed E-state index contributed by atoms with van der Waals surface area (Å²) in [6.45, 7) is 4.92. The number of nitrogens with zero attached hydrogens (tertiary/aromatic N) is 1. The fraction of sp³-hybridized carbons (Fsp3) is 0.727. The number of nitrogens with two attached hydrogens (primary N) is 1. The van der Waals surface area contributed by atoms with Gasteiger partial charge in [-0.15, -0.1) is 11.3 Å². The van der Waals surface area contributed by atoms with Crippen LogP contribution in [0.4, 0.5) is 0 Å². The van der Waals surface area contributed by atoms with Gasteiger partial charge in [0, 0.05) is 24.4 Å². The third-order valence-electron chi connectivity index (χ3n) is 2.19. The lowest BCUT2D eigenvalue weighted by Crippen LogP contribution is -2.05. The Morgan fingerprint density at radius 3 is 2.73 bits per heavy atom. The Morgan fingerprint density at radius 1 is 1.47 bits per heavy atom. The first-order chi connectivity index (χ1) is 7.19. The molecule has 0 fully saturated rings. The Balaban J connectivity index is 2.78. The Morgan fingerprint density at radius 2 is 2.20 bits per heavy atom. The molecule has 1 unspecified atom stereocenters. The number of hydrogen-bond acceptors (Lipinski definition) is 4. The maximum atomic E-state index is 5.93. The summed E-state index contributed by atoms with van der Waals surface area (Å²) in [6, 6.07) is 0.0975. The molecule has 1 heterocycles. The summed E-state index contributed by atoms with van der Waals surface area (Å²) < 4.78 is 5.05. The summed E-state index contributed by atoms with van der Waals surface area (Å²) in [6.07, 6.45) is 3.04. The van der Waals surface area contributed by atoms with Crippen LogP contribution in [-0.4, -0.2) is 18.7 Å². The van der Waals surface area contributed by atoms with Crippen LogP contribution in [0, 0.1) is 0 Å². The van der Waals surface area contributed by atoms with Gasteiger partial charge in [-0.1, -0.05) is 13.3 Å². The van der Waals surface area contributed by atoms with Crippen molar-refractivity contribution in [2.45, 2.75) is 39.2 Å². The van der Waals surface area contributed by atoms with E-state index >= 15 is 0 Å². The van der Waals surface area contributed by atoms with Crippen LogP contribution in [0.15, 0.2) is 0 Å². The van der Waals surface area contributed by atoms with Crippen LogP contribution in [0.5, 0.6) is 0 Å². The van der Waals surface area contributed by atoms with Crippen LogP contribution >= 0.6 is 11.3 Å². The van der Waals surface area contributed by atoms with E-state index in [1.54, 1.807) is 18.4 Å². The standard InChI is InChI=1S/C11H20N2OS/c1-4-5-9-11(8(2)12)15-10(13-9)6-7-14-3/h8H,4-7,12H2,1-3H3. The first-order valence-electron chi connectivity index (χ1n) is 5.42. The Kier molecular flexibility index (Phi) is 5.22. The third-order valence-corrected chi connectivity index (χ3v) is 3.55. The third kappa shape index (κ3) is 3.55. The molecule has 3 nitrogen and oxygen atoms in total. The fourth-order valence-corrected chi connectivity index (χ4v) is 2.53. The maximum absolute atomic E-state index is 5.93. The molecule has 4 heteroatoms. The molecular weight excluding hydrogens is 208 g/mol.